The zero-order valence-corrected chi connectivity index (χ0v) is 14.8. The van der Waals surface area contributed by atoms with Crippen LogP contribution in [0.5, 0.6) is 5.75 Å². The minimum Gasteiger partial charge on any atom is -0.494 e. The van der Waals surface area contributed by atoms with Crippen LogP contribution >= 0.6 is 0 Å². The number of aromatic nitrogens is 2. The van der Waals surface area contributed by atoms with Crippen LogP contribution in [-0.4, -0.2) is 22.3 Å². The molecule has 3 aromatic rings. The first-order valence-corrected chi connectivity index (χ1v) is 8.52. The molecular weight excluding hydrogens is 352 g/mol. The summed E-state index contributed by atoms with van der Waals surface area (Å²) in [5.74, 6) is 0.232. The number of carbonyl (C=O) groups excluding carboxylic acids is 1. The highest BCUT2D eigenvalue weighted by Gasteiger charge is 2.11. The average Bonchev–Trinajstić information content (AvgIpc) is 3.01. The van der Waals surface area contributed by atoms with Crippen molar-refractivity contribution in [2.75, 3.05) is 11.9 Å². The Morgan fingerprint density at radius 1 is 1.07 bits per heavy atom. The Bertz CT molecular complexity index is 906. The third kappa shape index (κ3) is 5.13. The van der Waals surface area contributed by atoms with Gasteiger partial charge in [-0.3, -0.25) is 4.79 Å². The smallest absolute Gasteiger partial charge is 0.225 e. The van der Waals surface area contributed by atoms with Gasteiger partial charge in [0.1, 0.15) is 23.2 Å². The molecule has 0 aliphatic heterocycles. The van der Waals surface area contributed by atoms with E-state index in [1.54, 1.807) is 35.0 Å². The molecule has 0 aliphatic rings. The van der Waals surface area contributed by atoms with Crippen LogP contribution in [0.3, 0.4) is 0 Å². The molecule has 0 aliphatic carbocycles. The largest absolute Gasteiger partial charge is 0.494 e. The highest BCUT2D eigenvalue weighted by molar-refractivity contribution is 5.90. The predicted molar refractivity (Wildman–Crippen MR) is 98.0 cm³/mol. The van der Waals surface area contributed by atoms with E-state index in [0.717, 1.165) is 5.69 Å². The third-order valence-corrected chi connectivity index (χ3v) is 3.80. The maximum Gasteiger partial charge on any atom is 0.225 e. The number of anilines is 1. The number of benzene rings is 2. The lowest BCUT2D eigenvalue weighted by Crippen LogP contribution is -2.15. The maximum absolute atomic E-state index is 13.1. The van der Waals surface area contributed by atoms with E-state index in [4.69, 9.17) is 4.74 Å². The van der Waals surface area contributed by atoms with Gasteiger partial charge in [0.15, 0.2) is 0 Å². The Morgan fingerprint density at radius 2 is 1.70 bits per heavy atom. The van der Waals surface area contributed by atoms with E-state index in [9.17, 15) is 13.6 Å². The highest BCUT2D eigenvalue weighted by Crippen LogP contribution is 2.18. The van der Waals surface area contributed by atoms with Gasteiger partial charge in [-0.2, -0.15) is 5.10 Å². The molecule has 27 heavy (non-hydrogen) atoms. The predicted octanol–water partition coefficient (Wildman–Crippen LogP) is 4.26. The quantitative estimate of drug-likeness (QED) is 0.632. The van der Waals surface area contributed by atoms with E-state index in [0.29, 0.717) is 30.3 Å². The minimum absolute atomic E-state index is 0.180. The molecule has 0 saturated heterocycles. The van der Waals surface area contributed by atoms with Gasteiger partial charge >= 0.3 is 0 Å². The number of hydrogen-bond donors (Lipinski definition) is 1. The van der Waals surface area contributed by atoms with Crippen molar-refractivity contribution in [3.05, 3.63) is 71.9 Å². The number of rotatable bonds is 7. The van der Waals surface area contributed by atoms with Crippen LogP contribution < -0.4 is 10.1 Å². The van der Waals surface area contributed by atoms with Crippen molar-refractivity contribution >= 4 is 11.7 Å². The molecule has 1 aromatic heterocycles. The second-order valence-electron chi connectivity index (χ2n) is 6.01. The molecule has 0 radical (unpaired) electrons. The lowest BCUT2D eigenvalue weighted by atomic mass is 10.3. The minimum atomic E-state index is -0.339. The van der Waals surface area contributed by atoms with E-state index in [2.05, 4.69) is 10.4 Å². The van der Waals surface area contributed by atoms with Crippen LogP contribution in [0, 0.1) is 18.6 Å². The van der Waals surface area contributed by atoms with Crippen LogP contribution in [0.25, 0.3) is 5.69 Å². The molecule has 2 aromatic carbocycles. The van der Waals surface area contributed by atoms with Crippen molar-refractivity contribution in [2.45, 2.75) is 19.8 Å². The van der Waals surface area contributed by atoms with Crippen molar-refractivity contribution in [2.24, 2.45) is 0 Å². The van der Waals surface area contributed by atoms with Gasteiger partial charge in [0, 0.05) is 12.5 Å². The van der Waals surface area contributed by atoms with Crippen molar-refractivity contribution in [3.63, 3.8) is 0 Å². The van der Waals surface area contributed by atoms with Crippen LogP contribution in [0.15, 0.2) is 54.6 Å². The summed E-state index contributed by atoms with van der Waals surface area (Å²) in [7, 11) is 0. The number of ether oxygens (including phenoxy) is 1. The average molecular weight is 371 g/mol. The summed E-state index contributed by atoms with van der Waals surface area (Å²) >= 11 is 0. The molecule has 0 atom stereocenters. The SMILES string of the molecule is Cc1cc(NC(=O)CCCOc2ccc(F)cc2)n(-c2ccc(F)cc2)n1. The fourth-order valence-electron chi connectivity index (χ4n) is 2.53. The first-order valence-electron chi connectivity index (χ1n) is 8.52. The highest BCUT2D eigenvalue weighted by atomic mass is 19.1. The summed E-state index contributed by atoms with van der Waals surface area (Å²) in [5, 5.41) is 7.14. The van der Waals surface area contributed by atoms with Gasteiger partial charge in [-0.15, -0.1) is 0 Å². The molecule has 140 valence electrons. The first-order chi connectivity index (χ1) is 13.0. The van der Waals surface area contributed by atoms with Gasteiger partial charge in [-0.1, -0.05) is 0 Å². The zero-order valence-electron chi connectivity index (χ0n) is 14.8. The second kappa shape index (κ2) is 8.44. The Labute approximate surface area is 155 Å². The molecule has 0 fully saturated rings. The number of carbonyl (C=O) groups is 1. The van der Waals surface area contributed by atoms with E-state index < -0.39 is 0 Å². The molecule has 1 heterocycles. The first kappa shape index (κ1) is 18.6. The number of nitrogens with zero attached hydrogens (tertiary/aromatic N) is 2. The molecular formula is C20H19F2N3O2. The molecule has 0 saturated carbocycles. The summed E-state index contributed by atoms with van der Waals surface area (Å²) in [4.78, 5) is 12.2. The van der Waals surface area contributed by atoms with Crippen LogP contribution in [-0.2, 0) is 4.79 Å². The van der Waals surface area contributed by atoms with E-state index in [1.165, 1.54) is 24.3 Å². The van der Waals surface area contributed by atoms with E-state index in [1.807, 2.05) is 6.92 Å². The molecule has 3 rings (SSSR count). The Morgan fingerprint density at radius 3 is 2.37 bits per heavy atom. The topological polar surface area (TPSA) is 56.1 Å². The monoisotopic (exact) mass is 371 g/mol. The number of halogens is 2. The van der Waals surface area contributed by atoms with Gasteiger partial charge < -0.3 is 10.1 Å². The number of nitrogens with one attached hydrogen (secondary N) is 1. The summed E-state index contributed by atoms with van der Waals surface area (Å²) < 4.78 is 33.0. The van der Waals surface area contributed by atoms with Crippen molar-refractivity contribution in [3.8, 4) is 11.4 Å². The number of aryl methyl sites for hydroxylation is 1. The fourth-order valence-corrected chi connectivity index (χ4v) is 2.53. The van der Waals surface area contributed by atoms with Gasteiger partial charge in [0.25, 0.3) is 0 Å². The molecule has 0 unspecified atom stereocenters. The number of amides is 1. The molecule has 0 bridgehead atoms. The summed E-state index contributed by atoms with van der Waals surface area (Å²) in [6.45, 7) is 2.15. The van der Waals surface area contributed by atoms with E-state index >= 15 is 0 Å². The van der Waals surface area contributed by atoms with Crippen LogP contribution in [0.4, 0.5) is 14.6 Å². The van der Waals surface area contributed by atoms with Crippen molar-refractivity contribution in [1.29, 1.82) is 0 Å². The lowest BCUT2D eigenvalue weighted by Gasteiger charge is -2.09. The Hall–Kier alpha value is -3.22. The summed E-state index contributed by atoms with van der Waals surface area (Å²) in [6, 6.07) is 13.3. The summed E-state index contributed by atoms with van der Waals surface area (Å²) in [5.41, 5.74) is 1.38. The summed E-state index contributed by atoms with van der Waals surface area (Å²) in [6.07, 6.45) is 0.766. The van der Waals surface area contributed by atoms with Crippen molar-refractivity contribution in [1.82, 2.24) is 9.78 Å². The van der Waals surface area contributed by atoms with Gasteiger partial charge in [0.2, 0.25) is 5.91 Å². The molecule has 5 nitrogen and oxygen atoms in total. The van der Waals surface area contributed by atoms with Crippen LogP contribution in [0.1, 0.15) is 18.5 Å². The van der Waals surface area contributed by atoms with Gasteiger partial charge in [-0.05, 0) is 61.9 Å². The Kier molecular flexibility index (Phi) is 5.80. The maximum atomic E-state index is 13.1. The Balaban J connectivity index is 1.53. The zero-order chi connectivity index (χ0) is 19.2. The second-order valence-corrected chi connectivity index (χ2v) is 6.01. The molecule has 1 amide bonds. The molecule has 0 spiro atoms. The molecule has 1 N–H and O–H groups in total. The van der Waals surface area contributed by atoms with Gasteiger partial charge in [-0.25, -0.2) is 13.5 Å². The van der Waals surface area contributed by atoms with E-state index in [-0.39, 0.29) is 24.0 Å². The van der Waals surface area contributed by atoms with Crippen LogP contribution in [0.2, 0.25) is 0 Å². The number of hydrogen-bond acceptors (Lipinski definition) is 3. The van der Waals surface area contributed by atoms with Gasteiger partial charge in [0.05, 0.1) is 18.0 Å². The standard InChI is InChI=1S/C20H19F2N3O2/c1-14-13-19(25(24-14)17-8-4-15(21)5-9-17)23-20(26)3-2-12-27-18-10-6-16(22)7-11-18/h4-11,13H,2-3,12H2,1H3,(H,23,26). The fraction of sp³-hybridized carbons (Fsp3) is 0.200. The third-order valence-electron chi connectivity index (χ3n) is 3.80. The molecule has 7 heteroatoms. The van der Waals surface area contributed by atoms with Crippen molar-refractivity contribution < 1.29 is 18.3 Å². The lowest BCUT2D eigenvalue weighted by molar-refractivity contribution is -0.116. The normalized spacial score (nSPS) is 10.6.